The third kappa shape index (κ3) is 3.17. The van der Waals surface area contributed by atoms with Gasteiger partial charge in [0.15, 0.2) is 14.9 Å². The minimum atomic E-state index is -3.62. The van der Waals surface area contributed by atoms with Crippen molar-refractivity contribution in [2.45, 2.75) is 22.9 Å². The van der Waals surface area contributed by atoms with Gasteiger partial charge in [-0.25, -0.2) is 21.8 Å². The van der Waals surface area contributed by atoms with Crippen LogP contribution in [-0.2, 0) is 19.9 Å². The van der Waals surface area contributed by atoms with E-state index in [-0.39, 0.29) is 16.0 Å². The summed E-state index contributed by atoms with van der Waals surface area (Å²) in [6, 6.07) is 2.58. The predicted molar refractivity (Wildman–Crippen MR) is 73.6 cm³/mol. The van der Waals surface area contributed by atoms with E-state index in [9.17, 15) is 16.8 Å². The minimum Gasteiger partial charge on any atom is -0.312 e. The second-order valence-corrected chi connectivity index (χ2v) is 8.72. The topological polar surface area (TPSA) is 96.4 Å². The maximum absolute atomic E-state index is 12.4. The highest BCUT2D eigenvalue weighted by atomic mass is 32.2. The molecule has 1 aliphatic heterocycles. The SMILES string of the molecule is C[C@H]1CN(S(=O)(=O)c2ccc(S(C)(=O)=O)nc2)CCN1. The lowest BCUT2D eigenvalue weighted by atomic mass is 10.3. The van der Waals surface area contributed by atoms with Crippen LogP contribution >= 0.6 is 0 Å². The summed E-state index contributed by atoms with van der Waals surface area (Å²) in [5.74, 6) is 0. The van der Waals surface area contributed by atoms with E-state index < -0.39 is 19.9 Å². The first-order chi connectivity index (χ1) is 9.21. The number of rotatable bonds is 3. The second-order valence-electron chi connectivity index (χ2n) is 4.82. The van der Waals surface area contributed by atoms with Crippen LogP contribution < -0.4 is 5.32 Å². The molecule has 9 heteroatoms. The Labute approximate surface area is 119 Å². The fraction of sp³-hybridized carbons (Fsp3) is 0.545. The molecule has 1 fully saturated rings. The molecular formula is C11H17N3O4S2. The number of nitrogens with one attached hydrogen (secondary N) is 1. The van der Waals surface area contributed by atoms with E-state index in [0.717, 1.165) is 12.5 Å². The number of piperazine rings is 1. The summed E-state index contributed by atoms with van der Waals surface area (Å²) in [4.78, 5) is 3.73. The van der Waals surface area contributed by atoms with Crippen LogP contribution in [0.1, 0.15) is 6.92 Å². The van der Waals surface area contributed by atoms with E-state index in [1.807, 2.05) is 6.92 Å². The standard InChI is InChI=1S/C11H17N3O4S2/c1-9-8-14(6-5-12-9)20(17,18)10-3-4-11(13-7-10)19(2,15)16/h3-4,7,9,12H,5-6,8H2,1-2H3/t9-/m0/s1. The molecule has 1 N–H and O–H groups in total. The Hall–Kier alpha value is -1.03. The fourth-order valence-electron chi connectivity index (χ4n) is 2.00. The molecule has 0 spiro atoms. The first-order valence-electron chi connectivity index (χ1n) is 6.11. The van der Waals surface area contributed by atoms with E-state index >= 15 is 0 Å². The van der Waals surface area contributed by atoms with E-state index in [4.69, 9.17) is 0 Å². The summed E-state index contributed by atoms with van der Waals surface area (Å²) in [6.45, 7) is 3.28. The van der Waals surface area contributed by atoms with Crippen LogP contribution in [-0.4, -0.2) is 58.1 Å². The molecular weight excluding hydrogens is 302 g/mol. The van der Waals surface area contributed by atoms with Crippen molar-refractivity contribution in [3.8, 4) is 0 Å². The average molecular weight is 319 g/mol. The van der Waals surface area contributed by atoms with Crippen LogP contribution in [0, 0.1) is 0 Å². The van der Waals surface area contributed by atoms with Gasteiger partial charge < -0.3 is 5.32 Å². The van der Waals surface area contributed by atoms with Gasteiger partial charge >= 0.3 is 0 Å². The molecule has 0 bridgehead atoms. The van der Waals surface area contributed by atoms with Crippen LogP contribution in [0.5, 0.6) is 0 Å². The summed E-state index contributed by atoms with van der Waals surface area (Å²) in [5.41, 5.74) is 0. The monoisotopic (exact) mass is 319 g/mol. The Balaban J connectivity index is 2.30. The molecule has 1 aliphatic rings. The number of aromatic nitrogens is 1. The maximum atomic E-state index is 12.4. The Bertz CT molecular complexity index is 683. The molecule has 0 amide bonds. The lowest BCUT2D eigenvalue weighted by molar-refractivity contribution is 0.310. The predicted octanol–water partition coefficient (Wildman–Crippen LogP) is -0.532. The molecule has 0 aliphatic carbocycles. The first kappa shape index (κ1) is 15.4. The zero-order chi connectivity index (χ0) is 15.0. The van der Waals surface area contributed by atoms with Gasteiger partial charge in [0.25, 0.3) is 0 Å². The van der Waals surface area contributed by atoms with Gasteiger partial charge in [0.2, 0.25) is 10.0 Å². The summed E-state index contributed by atoms with van der Waals surface area (Å²) < 4.78 is 48.8. The van der Waals surface area contributed by atoms with Crippen LogP contribution in [0.15, 0.2) is 28.3 Å². The summed E-state index contributed by atoms with van der Waals surface area (Å²) in [7, 11) is -7.05. The molecule has 20 heavy (non-hydrogen) atoms. The molecule has 0 radical (unpaired) electrons. The van der Waals surface area contributed by atoms with Gasteiger partial charge in [-0.1, -0.05) is 0 Å². The molecule has 0 unspecified atom stereocenters. The highest BCUT2D eigenvalue weighted by Gasteiger charge is 2.28. The van der Waals surface area contributed by atoms with Crippen LogP contribution in [0.25, 0.3) is 0 Å². The van der Waals surface area contributed by atoms with Crippen molar-refractivity contribution in [1.82, 2.24) is 14.6 Å². The molecule has 0 aromatic carbocycles. The molecule has 1 aromatic heterocycles. The number of pyridine rings is 1. The normalized spacial score (nSPS) is 21.8. The quantitative estimate of drug-likeness (QED) is 0.804. The second kappa shape index (κ2) is 5.40. The zero-order valence-electron chi connectivity index (χ0n) is 11.3. The highest BCUT2D eigenvalue weighted by molar-refractivity contribution is 7.90. The third-order valence-electron chi connectivity index (χ3n) is 3.06. The van der Waals surface area contributed by atoms with Gasteiger partial charge in [0.1, 0.15) is 4.90 Å². The first-order valence-corrected chi connectivity index (χ1v) is 9.44. The largest absolute Gasteiger partial charge is 0.312 e. The summed E-state index contributed by atoms with van der Waals surface area (Å²) in [6.07, 6.45) is 2.12. The van der Waals surface area contributed by atoms with Crippen molar-refractivity contribution < 1.29 is 16.8 Å². The van der Waals surface area contributed by atoms with Crippen molar-refractivity contribution in [2.75, 3.05) is 25.9 Å². The van der Waals surface area contributed by atoms with Crippen LogP contribution in [0.2, 0.25) is 0 Å². The number of hydrogen-bond acceptors (Lipinski definition) is 6. The smallest absolute Gasteiger partial charge is 0.244 e. The van der Waals surface area contributed by atoms with Crippen molar-refractivity contribution in [1.29, 1.82) is 0 Å². The maximum Gasteiger partial charge on any atom is 0.244 e. The van der Waals surface area contributed by atoms with E-state index in [0.29, 0.717) is 19.6 Å². The third-order valence-corrected chi connectivity index (χ3v) is 5.91. The van der Waals surface area contributed by atoms with E-state index in [1.54, 1.807) is 0 Å². The Morgan fingerprint density at radius 1 is 1.30 bits per heavy atom. The lowest BCUT2D eigenvalue weighted by Gasteiger charge is -2.30. The van der Waals surface area contributed by atoms with Crippen LogP contribution in [0.4, 0.5) is 0 Å². The number of sulfonamides is 1. The molecule has 2 heterocycles. The van der Waals surface area contributed by atoms with Gasteiger partial charge in [-0.3, -0.25) is 0 Å². The van der Waals surface area contributed by atoms with Crippen molar-refractivity contribution in [3.63, 3.8) is 0 Å². The van der Waals surface area contributed by atoms with Gasteiger partial charge in [0.05, 0.1) is 0 Å². The Morgan fingerprint density at radius 2 is 2.00 bits per heavy atom. The fourth-order valence-corrected chi connectivity index (χ4v) is 4.04. The summed E-state index contributed by atoms with van der Waals surface area (Å²) in [5, 5.41) is 3.03. The highest BCUT2D eigenvalue weighted by Crippen LogP contribution is 2.17. The number of nitrogens with zero attached hydrogens (tertiary/aromatic N) is 2. The van der Waals surface area contributed by atoms with E-state index in [1.165, 1.54) is 16.4 Å². The average Bonchev–Trinajstić information content (AvgIpc) is 2.38. The summed E-state index contributed by atoms with van der Waals surface area (Å²) >= 11 is 0. The molecule has 1 saturated heterocycles. The van der Waals surface area contributed by atoms with Crippen molar-refractivity contribution in [2.24, 2.45) is 0 Å². The molecule has 1 aromatic rings. The Kier molecular flexibility index (Phi) is 4.14. The van der Waals surface area contributed by atoms with Gasteiger partial charge in [-0.2, -0.15) is 4.31 Å². The number of sulfone groups is 1. The van der Waals surface area contributed by atoms with Gasteiger partial charge in [0, 0.05) is 38.1 Å². The van der Waals surface area contributed by atoms with Gasteiger partial charge in [-0.15, -0.1) is 0 Å². The van der Waals surface area contributed by atoms with Gasteiger partial charge in [-0.05, 0) is 19.1 Å². The zero-order valence-corrected chi connectivity index (χ0v) is 12.9. The van der Waals surface area contributed by atoms with E-state index in [2.05, 4.69) is 10.3 Å². The van der Waals surface area contributed by atoms with Crippen molar-refractivity contribution in [3.05, 3.63) is 18.3 Å². The molecule has 1 atom stereocenters. The molecule has 7 nitrogen and oxygen atoms in total. The van der Waals surface area contributed by atoms with Crippen molar-refractivity contribution >= 4 is 19.9 Å². The molecule has 112 valence electrons. The lowest BCUT2D eigenvalue weighted by Crippen LogP contribution is -2.51. The molecule has 2 rings (SSSR count). The Morgan fingerprint density at radius 3 is 2.50 bits per heavy atom. The molecule has 0 saturated carbocycles. The minimum absolute atomic E-state index is 0.0130. The number of hydrogen-bond donors (Lipinski definition) is 1. The van der Waals surface area contributed by atoms with Crippen LogP contribution in [0.3, 0.4) is 0 Å².